The van der Waals surface area contributed by atoms with E-state index >= 15 is 0 Å². The lowest BCUT2D eigenvalue weighted by molar-refractivity contribution is -0.136. The highest BCUT2D eigenvalue weighted by molar-refractivity contribution is 5.70. The number of hydrogen-bond donors (Lipinski definition) is 3. The van der Waals surface area contributed by atoms with Crippen LogP contribution < -0.4 is 5.69 Å². The van der Waals surface area contributed by atoms with E-state index in [1.807, 2.05) is 0 Å². The van der Waals surface area contributed by atoms with Crippen LogP contribution in [0.15, 0.2) is 35.1 Å². The first kappa shape index (κ1) is 11.0. The molecule has 0 unspecified atom stereocenters. The van der Waals surface area contributed by atoms with Gasteiger partial charge >= 0.3 is 11.7 Å². The van der Waals surface area contributed by atoms with Crippen LogP contribution >= 0.6 is 0 Å². The molecule has 1 heterocycles. The van der Waals surface area contributed by atoms with Crippen molar-refractivity contribution in [2.75, 3.05) is 0 Å². The summed E-state index contributed by atoms with van der Waals surface area (Å²) in [6.45, 7) is 0. The zero-order valence-corrected chi connectivity index (χ0v) is 8.75. The predicted octanol–water partition coefficient (Wildman–Crippen LogP) is 0.498. The van der Waals surface area contributed by atoms with Crippen LogP contribution in [0.3, 0.4) is 0 Å². The molecule has 0 saturated heterocycles. The highest BCUT2D eigenvalue weighted by atomic mass is 16.4. The van der Waals surface area contributed by atoms with Gasteiger partial charge in [-0.3, -0.25) is 4.79 Å². The number of rotatable bonds is 3. The number of benzene rings is 1. The number of aromatic nitrogens is 2. The van der Waals surface area contributed by atoms with Crippen molar-refractivity contribution in [1.29, 1.82) is 0 Å². The van der Waals surface area contributed by atoms with Crippen molar-refractivity contribution in [2.45, 2.75) is 6.42 Å². The number of aromatic hydroxyl groups is 1. The third kappa shape index (κ3) is 2.05. The standard InChI is InChI=1S/C11H10N2O4/c14-9(15)6-8-10(16)13(11(17)12-8)7-4-2-1-3-5-7/h1-5,16H,6H2,(H,12,17)(H,14,15). The van der Waals surface area contributed by atoms with Gasteiger partial charge in [0.1, 0.15) is 0 Å². The van der Waals surface area contributed by atoms with E-state index in [4.69, 9.17) is 5.11 Å². The van der Waals surface area contributed by atoms with Crippen LogP contribution in [0.1, 0.15) is 5.69 Å². The van der Waals surface area contributed by atoms with Gasteiger partial charge < -0.3 is 15.2 Å². The van der Waals surface area contributed by atoms with Crippen LogP contribution in [0.5, 0.6) is 5.88 Å². The number of aromatic amines is 1. The fourth-order valence-electron chi connectivity index (χ4n) is 1.56. The average molecular weight is 234 g/mol. The molecule has 0 saturated carbocycles. The van der Waals surface area contributed by atoms with Crippen LogP contribution in [0, 0.1) is 0 Å². The Morgan fingerprint density at radius 3 is 2.53 bits per heavy atom. The monoisotopic (exact) mass is 234 g/mol. The van der Waals surface area contributed by atoms with Crippen molar-refractivity contribution in [3.63, 3.8) is 0 Å². The summed E-state index contributed by atoms with van der Waals surface area (Å²) in [5, 5.41) is 18.4. The van der Waals surface area contributed by atoms with Crippen LogP contribution in [0.25, 0.3) is 5.69 Å². The number of nitrogens with one attached hydrogen (secondary N) is 1. The second-order valence-corrected chi connectivity index (χ2v) is 3.47. The normalized spacial score (nSPS) is 10.4. The van der Waals surface area contributed by atoms with Gasteiger partial charge in [0.15, 0.2) is 0 Å². The second kappa shape index (κ2) is 4.17. The first-order chi connectivity index (χ1) is 8.09. The summed E-state index contributed by atoms with van der Waals surface area (Å²) >= 11 is 0. The Hall–Kier alpha value is -2.50. The summed E-state index contributed by atoms with van der Waals surface area (Å²) in [6.07, 6.45) is -0.430. The van der Waals surface area contributed by atoms with Gasteiger partial charge in [0.2, 0.25) is 5.88 Å². The minimum Gasteiger partial charge on any atom is -0.493 e. The van der Waals surface area contributed by atoms with Crippen molar-refractivity contribution < 1.29 is 15.0 Å². The van der Waals surface area contributed by atoms with Gasteiger partial charge in [-0.2, -0.15) is 0 Å². The zero-order chi connectivity index (χ0) is 12.4. The molecule has 0 fully saturated rings. The number of nitrogens with zero attached hydrogens (tertiary/aromatic N) is 1. The number of hydrogen-bond acceptors (Lipinski definition) is 3. The minimum absolute atomic E-state index is 0.00801. The van der Waals surface area contributed by atoms with Gasteiger partial charge in [0.25, 0.3) is 0 Å². The van der Waals surface area contributed by atoms with Gasteiger partial charge in [-0.25, -0.2) is 9.36 Å². The lowest BCUT2D eigenvalue weighted by Crippen LogP contribution is -2.14. The summed E-state index contributed by atoms with van der Waals surface area (Å²) in [4.78, 5) is 24.5. The van der Waals surface area contributed by atoms with E-state index in [0.717, 1.165) is 4.57 Å². The van der Waals surface area contributed by atoms with Crippen molar-refractivity contribution in [3.8, 4) is 11.6 Å². The van der Waals surface area contributed by atoms with Crippen molar-refractivity contribution in [2.24, 2.45) is 0 Å². The van der Waals surface area contributed by atoms with Crippen LogP contribution in [-0.4, -0.2) is 25.7 Å². The van der Waals surface area contributed by atoms with E-state index in [9.17, 15) is 14.7 Å². The fourth-order valence-corrected chi connectivity index (χ4v) is 1.56. The van der Waals surface area contributed by atoms with Crippen molar-refractivity contribution >= 4 is 5.97 Å². The molecule has 6 nitrogen and oxygen atoms in total. The first-order valence-corrected chi connectivity index (χ1v) is 4.89. The lowest BCUT2D eigenvalue weighted by atomic mass is 10.3. The summed E-state index contributed by atoms with van der Waals surface area (Å²) in [6, 6.07) is 8.48. The maximum Gasteiger partial charge on any atom is 0.333 e. The summed E-state index contributed by atoms with van der Waals surface area (Å²) in [5.41, 5.74) is -0.0980. The van der Waals surface area contributed by atoms with Gasteiger partial charge in [-0.15, -0.1) is 0 Å². The number of aliphatic carboxylic acids is 1. The van der Waals surface area contributed by atoms with E-state index in [2.05, 4.69) is 4.98 Å². The molecule has 0 aliphatic heterocycles. The zero-order valence-electron chi connectivity index (χ0n) is 8.75. The molecule has 3 N–H and O–H groups in total. The molecule has 0 spiro atoms. The van der Waals surface area contributed by atoms with Gasteiger partial charge in [0.05, 0.1) is 17.8 Å². The lowest BCUT2D eigenvalue weighted by Gasteiger charge is -2.02. The summed E-state index contributed by atoms with van der Waals surface area (Å²) in [7, 11) is 0. The molecule has 2 rings (SSSR count). The molecule has 0 aliphatic rings. The smallest absolute Gasteiger partial charge is 0.333 e. The molecule has 0 aliphatic carbocycles. The highest BCUT2D eigenvalue weighted by Crippen LogP contribution is 2.18. The number of carboxylic acids is 1. The fraction of sp³-hybridized carbons (Fsp3) is 0.0909. The Labute approximate surface area is 95.8 Å². The molecule has 88 valence electrons. The van der Waals surface area contributed by atoms with E-state index in [1.54, 1.807) is 30.3 Å². The average Bonchev–Trinajstić information content (AvgIpc) is 2.54. The number of carbonyl (C=O) groups is 1. The largest absolute Gasteiger partial charge is 0.493 e. The Kier molecular flexibility index (Phi) is 2.70. The number of imidazole rings is 1. The topological polar surface area (TPSA) is 95.3 Å². The van der Waals surface area contributed by atoms with Gasteiger partial charge in [-0.05, 0) is 12.1 Å². The summed E-state index contributed by atoms with van der Waals surface area (Å²) in [5.74, 6) is -1.50. The quantitative estimate of drug-likeness (QED) is 0.720. The van der Waals surface area contributed by atoms with E-state index in [1.165, 1.54) is 0 Å². The van der Waals surface area contributed by atoms with Gasteiger partial charge in [0, 0.05) is 0 Å². The Morgan fingerprint density at radius 1 is 1.29 bits per heavy atom. The first-order valence-electron chi connectivity index (χ1n) is 4.89. The maximum absolute atomic E-state index is 11.6. The molecule has 0 atom stereocenters. The molecule has 1 aromatic carbocycles. The predicted molar refractivity (Wildman–Crippen MR) is 59.4 cm³/mol. The van der Waals surface area contributed by atoms with E-state index in [0.29, 0.717) is 5.69 Å². The molecule has 17 heavy (non-hydrogen) atoms. The molecule has 2 aromatic rings. The Bertz CT molecular complexity index is 598. The molecule has 1 aromatic heterocycles. The minimum atomic E-state index is -1.12. The molecule has 0 amide bonds. The molecule has 0 bridgehead atoms. The molecule has 6 heteroatoms. The molecule has 0 radical (unpaired) electrons. The van der Waals surface area contributed by atoms with Crippen molar-refractivity contribution in [3.05, 3.63) is 46.5 Å². The van der Waals surface area contributed by atoms with E-state index in [-0.39, 0.29) is 11.6 Å². The van der Waals surface area contributed by atoms with Gasteiger partial charge in [-0.1, -0.05) is 18.2 Å². The third-order valence-corrected chi connectivity index (χ3v) is 2.29. The van der Waals surface area contributed by atoms with Crippen LogP contribution in [-0.2, 0) is 11.2 Å². The number of carboxylic acid groups (broad SMARTS) is 1. The van der Waals surface area contributed by atoms with E-state index < -0.39 is 18.1 Å². The maximum atomic E-state index is 11.6. The van der Waals surface area contributed by atoms with Crippen molar-refractivity contribution in [1.82, 2.24) is 9.55 Å². The molecular formula is C11H10N2O4. The highest BCUT2D eigenvalue weighted by Gasteiger charge is 2.16. The van der Waals surface area contributed by atoms with Crippen LogP contribution in [0.4, 0.5) is 0 Å². The van der Waals surface area contributed by atoms with Crippen LogP contribution in [0.2, 0.25) is 0 Å². The number of para-hydroxylation sites is 1. The third-order valence-electron chi connectivity index (χ3n) is 2.29. The second-order valence-electron chi connectivity index (χ2n) is 3.47. The number of H-pyrrole nitrogens is 1. The molecular weight excluding hydrogens is 224 g/mol. The SMILES string of the molecule is O=C(O)Cc1[nH]c(=O)n(-c2ccccc2)c1O. The summed E-state index contributed by atoms with van der Waals surface area (Å²) < 4.78 is 1.03. The Morgan fingerprint density at radius 2 is 1.94 bits per heavy atom. The Balaban J connectivity index is 2.53.